The van der Waals surface area contributed by atoms with Gasteiger partial charge in [0.25, 0.3) is 5.91 Å². The molecule has 1 N–H and O–H groups in total. The highest BCUT2D eigenvalue weighted by atomic mass is 16.5. The second-order valence-electron chi connectivity index (χ2n) is 4.90. The Kier molecular flexibility index (Phi) is 5.32. The lowest BCUT2D eigenvalue weighted by Crippen LogP contribution is -2.12. The summed E-state index contributed by atoms with van der Waals surface area (Å²) >= 11 is 0. The number of benzene rings is 1. The fraction of sp³-hybridized carbons (Fsp3) is 0.294. The number of carbonyl (C=O) groups is 1. The van der Waals surface area contributed by atoms with Crippen molar-refractivity contribution in [2.75, 3.05) is 11.9 Å². The molecule has 0 aliphatic carbocycles. The minimum Gasteiger partial charge on any atom is -0.494 e. The first kappa shape index (κ1) is 15.0. The highest BCUT2D eigenvalue weighted by Crippen LogP contribution is 2.14. The number of rotatable bonds is 6. The number of nitrogens with one attached hydrogen (secondary N) is 1. The standard InChI is InChI=1S/C17H20N2O2/c1-3-4-11-21-15-7-5-14(6-8-15)17(20)19-16-12-13(2)9-10-18-16/h5-10,12H,3-4,11H2,1-2H3,(H,18,19,20). The molecule has 2 aromatic rings. The lowest BCUT2D eigenvalue weighted by atomic mass is 10.2. The van der Waals surface area contributed by atoms with Gasteiger partial charge in [0.15, 0.2) is 0 Å². The number of nitrogens with zero attached hydrogens (tertiary/aromatic N) is 1. The topological polar surface area (TPSA) is 51.2 Å². The molecule has 21 heavy (non-hydrogen) atoms. The van der Waals surface area contributed by atoms with Crippen LogP contribution in [0.2, 0.25) is 0 Å². The summed E-state index contributed by atoms with van der Waals surface area (Å²) in [5, 5.41) is 2.78. The first-order valence-corrected chi connectivity index (χ1v) is 7.16. The summed E-state index contributed by atoms with van der Waals surface area (Å²) in [6, 6.07) is 10.9. The van der Waals surface area contributed by atoms with Crippen molar-refractivity contribution in [3.8, 4) is 5.75 Å². The number of unbranched alkanes of at least 4 members (excludes halogenated alkanes) is 1. The van der Waals surface area contributed by atoms with Gasteiger partial charge < -0.3 is 10.1 Å². The Labute approximate surface area is 125 Å². The molecular weight excluding hydrogens is 264 g/mol. The van der Waals surface area contributed by atoms with E-state index in [4.69, 9.17) is 4.74 Å². The zero-order chi connectivity index (χ0) is 15.1. The molecule has 1 heterocycles. The van der Waals surface area contributed by atoms with Crippen LogP contribution in [-0.4, -0.2) is 17.5 Å². The van der Waals surface area contributed by atoms with Gasteiger partial charge in [0.2, 0.25) is 0 Å². The van der Waals surface area contributed by atoms with E-state index in [0.29, 0.717) is 18.0 Å². The summed E-state index contributed by atoms with van der Waals surface area (Å²) in [5.41, 5.74) is 1.64. The van der Waals surface area contributed by atoms with Crippen molar-refractivity contribution in [2.45, 2.75) is 26.7 Å². The average molecular weight is 284 g/mol. The minimum atomic E-state index is -0.173. The molecule has 4 nitrogen and oxygen atoms in total. The fourth-order valence-corrected chi connectivity index (χ4v) is 1.83. The Balaban J connectivity index is 1.96. The summed E-state index contributed by atoms with van der Waals surface area (Å²) in [4.78, 5) is 16.2. The molecule has 0 spiro atoms. The third kappa shape index (κ3) is 4.60. The molecule has 0 saturated carbocycles. The van der Waals surface area contributed by atoms with Crippen LogP contribution in [0.25, 0.3) is 0 Å². The molecule has 0 atom stereocenters. The van der Waals surface area contributed by atoms with Crippen molar-refractivity contribution in [1.29, 1.82) is 0 Å². The van der Waals surface area contributed by atoms with Gasteiger partial charge in [-0.2, -0.15) is 0 Å². The average Bonchev–Trinajstić information content (AvgIpc) is 2.48. The number of aromatic nitrogens is 1. The van der Waals surface area contributed by atoms with Crippen LogP contribution >= 0.6 is 0 Å². The molecule has 1 amide bonds. The first-order chi connectivity index (χ1) is 10.2. The molecule has 2 rings (SSSR count). The van der Waals surface area contributed by atoms with Crippen molar-refractivity contribution < 1.29 is 9.53 Å². The maximum absolute atomic E-state index is 12.1. The molecule has 0 unspecified atom stereocenters. The Morgan fingerprint density at radius 1 is 1.24 bits per heavy atom. The molecule has 0 saturated heterocycles. The normalized spacial score (nSPS) is 10.2. The summed E-state index contributed by atoms with van der Waals surface area (Å²) in [6.45, 7) is 4.78. The van der Waals surface area contributed by atoms with E-state index in [1.165, 1.54) is 0 Å². The molecule has 110 valence electrons. The molecule has 0 aliphatic rings. The lowest BCUT2D eigenvalue weighted by Gasteiger charge is -2.07. The first-order valence-electron chi connectivity index (χ1n) is 7.16. The van der Waals surface area contributed by atoms with Crippen LogP contribution in [-0.2, 0) is 0 Å². The molecule has 0 fully saturated rings. The van der Waals surface area contributed by atoms with E-state index in [2.05, 4.69) is 17.2 Å². The van der Waals surface area contributed by atoms with Crippen molar-refractivity contribution >= 4 is 11.7 Å². The van der Waals surface area contributed by atoms with E-state index in [0.717, 1.165) is 24.2 Å². The molecule has 0 aliphatic heterocycles. The van der Waals surface area contributed by atoms with Crippen molar-refractivity contribution in [2.24, 2.45) is 0 Å². The van der Waals surface area contributed by atoms with Crippen molar-refractivity contribution in [3.63, 3.8) is 0 Å². The Morgan fingerprint density at radius 3 is 2.67 bits per heavy atom. The van der Waals surface area contributed by atoms with E-state index >= 15 is 0 Å². The summed E-state index contributed by atoms with van der Waals surface area (Å²) in [6.07, 6.45) is 3.81. The summed E-state index contributed by atoms with van der Waals surface area (Å²) in [5.74, 6) is 1.17. The predicted octanol–water partition coefficient (Wildman–Crippen LogP) is 3.82. The van der Waals surface area contributed by atoms with E-state index in [-0.39, 0.29) is 5.91 Å². The van der Waals surface area contributed by atoms with Gasteiger partial charge >= 0.3 is 0 Å². The van der Waals surface area contributed by atoms with Crippen LogP contribution in [0.15, 0.2) is 42.6 Å². The third-order valence-corrected chi connectivity index (χ3v) is 3.04. The van der Waals surface area contributed by atoms with Crippen LogP contribution in [0.3, 0.4) is 0 Å². The summed E-state index contributed by atoms with van der Waals surface area (Å²) in [7, 11) is 0. The number of amides is 1. The maximum Gasteiger partial charge on any atom is 0.256 e. The quantitative estimate of drug-likeness (QED) is 0.820. The molecular formula is C17H20N2O2. The second-order valence-corrected chi connectivity index (χ2v) is 4.90. The number of carbonyl (C=O) groups excluding carboxylic acids is 1. The van der Waals surface area contributed by atoms with Crippen LogP contribution in [0, 0.1) is 6.92 Å². The highest BCUT2D eigenvalue weighted by Gasteiger charge is 2.07. The van der Waals surface area contributed by atoms with E-state index < -0.39 is 0 Å². The third-order valence-electron chi connectivity index (χ3n) is 3.04. The van der Waals surface area contributed by atoms with Gasteiger partial charge in [0, 0.05) is 11.8 Å². The van der Waals surface area contributed by atoms with Crippen LogP contribution in [0.1, 0.15) is 35.7 Å². The number of hydrogen-bond donors (Lipinski definition) is 1. The number of anilines is 1. The zero-order valence-corrected chi connectivity index (χ0v) is 12.4. The minimum absolute atomic E-state index is 0.173. The molecule has 4 heteroatoms. The van der Waals surface area contributed by atoms with E-state index in [9.17, 15) is 4.79 Å². The largest absolute Gasteiger partial charge is 0.494 e. The maximum atomic E-state index is 12.1. The van der Waals surface area contributed by atoms with Gasteiger partial charge in [0.05, 0.1) is 6.61 Å². The van der Waals surface area contributed by atoms with Gasteiger partial charge in [-0.25, -0.2) is 4.98 Å². The van der Waals surface area contributed by atoms with Crippen molar-refractivity contribution in [1.82, 2.24) is 4.98 Å². The monoisotopic (exact) mass is 284 g/mol. The van der Waals surface area contributed by atoms with Gasteiger partial charge in [0.1, 0.15) is 11.6 Å². The Hall–Kier alpha value is -2.36. The zero-order valence-electron chi connectivity index (χ0n) is 12.4. The SMILES string of the molecule is CCCCOc1ccc(C(=O)Nc2cc(C)ccn2)cc1. The second kappa shape index (κ2) is 7.43. The van der Waals surface area contributed by atoms with E-state index in [1.807, 2.05) is 31.2 Å². The number of aryl methyl sites for hydroxylation is 1. The molecule has 0 bridgehead atoms. The number of ether oxygens (including phenoxy) is 1. The van der Waals surface area contributed by atoms with Crippen LogP contribution in [0.4, 0.5) is 5.82 Å². The van der Waals surface area contributed by atoms with E-state index in [1.54, 1.807) is 18.3 Å². The number of pyridine rings is 1. The van der Waals surface area contributed by atoms with Crippen LogP contribution in [0.5, 0.6) is 5.75 Å². The predicted molar refractivity (Wildman–Crippen MR) is 83.8 cm³/mol. The number of hydrogen-bond acceptors (Lipinski definition) is 3. The highest BCUT2D eigenvalue weighted by molar-refractivity contribution is 6.03. The molecule has 1 aromatic carbocycles. The molecule has 0 radical (unpaired) electrons. The van der Waals surface area contributed by atoms with Gasteiger partial charge in [-0.1, -0.05) is 13.3 Å². The Bertz CT molecular complexity index is 594. The van der Waals surface area contributed by atoms with Gasteiger partial charge in [-0.05, 0) is 55.3 Å². The molecule has 1 aromatic heterocycles. The van der Waals surface area contributed by atoms with Crippen LogP contribution < -0.4 is 10.1 Å². The fourth-order valence-electron chi connectivity index (χ4n) is 1.83. The van der Waals surface area contributed by atoms with Gasteiger partial charge in [-0.15, -0.1) is 0 Å². The summed E-state index contributed by atoms with van der Waals surface area (Å²) < 4.78 is 5.57. The smallest absolute Gasteiger partial charge is 0.256 e. The Morgan fingerprint density at radius 2 is 2.00 bits per heavy atom. The van der Waals surface area contributed by atoms with Gasteiger partial charge in [-0.3, -0.25) is 4.79 Å². The van der Waals surface area contributed by atoms with Crippen molar-refractivity contribution in [3.05, 3.63) is 53.7 Å². The lowest BCUT2D eigenvalue weighted by molar-refractivity contribution is 0.102.